The topological polar surface area (TPSA) is 99.2 Å². The number of amides is 1. The highest BCUT2D eigenvalue weighted by molar-refractivity contribution is 7.91. The molecule has 0 aromatic heterocycles. The van der Waals surface area contributed by atoms with Crippen LogP contribution in [0.5, 0.6) is 11.5 Å². The molecule has 1 aliphatic heterocycles. The maximum Gasteiger partial charge on any atom is 0.339 e. The number of hydrogen-bond acceptors (Lipinski definition) is 7. The molecule has 0 N–H and O–H groups in total. The Morgan fingerprint density at radius 3 is 2.45 bits per heavy atom. The summed E-state index contributed by atoms with van der Waals surface area (Å²) in [5, 5.41) is 0. The molecule has 2 atom stereocenters. The molecule has 9 heteroatoms. The van der Waals surface area contributed by atoms with E-state index in [-0.39, 0.29) is 17.1 Å². The summed E-state index contributed by atoms with van der Waals surface area (Å²) in [4.78, 5) is 26.4. The van der Waals surface area contributed by atoms with Crippen molar-refractivity contribution in [2.75, 3.05) is 32.3 Å². The first kappa shape index (κ1) is 23.0. The Labute approximate surface area is 172 Å². The van der Waals surface area contributed by atoms with Gasteiger partial charge in [-0.05, 0) is 37.5 Å². The van der Waals surface area contributed by atoms with Gasteiger partial charge in [0.15, 0.2) is 27.4 Å². The van der Waals surface area contributed by atoms with Crippen molar-refractivity contribution in [2.45, 2.75) is 39.3 Å². The zero-order valence-electron chi connectivity index (χ0n) is 17.5. The molecule has 1 heterocycles. The summed E-state index contributed by atoms with van der Waals surface area (Å²) in [7, 11) is -0.110. The summed E-state index contributed by atoms with van der Waals surface area (Å²) in [5.74, 6) is 0.134. The van der Waals surface area contributed by atoms with E-state index in [1.807, 2.05) is 13.8 Å². The van der Waals surface area contributed by atoms with Gasteiger partial charge in [-0.15, -0.1) is 0 Å². The van der Waals surface area contributed by atoms with Gasteiger partial charge in [0.1, 0.15) is 0 Å². The van der Waals surface area contributed by atoms with E-state index in [9.17, 15) is 18.0 Å². The number of hydrogen-bond donors (Lipinski definition) is 0. The smallest absolute Gasteiger partial charge is 0.339 e. The molecule has 1 amide bonds. The summed E-state index contributed by atoms with van der Waals surface area (Å²) in [6.07, 6.45) is -0.654. The minimum atomic E-state index is -3.12. The molecule has 0 radical (unpaired) electrons. The standard InChI is InChI=1S/C20H29NO7S/c1-13(2)11-27-17-7-6-15(10-18(17)26-5)20(23)28-14(3)19(22)21(4)16-8-9-29(24,25)12-16/h6-7,10,13-14,16H,8-9,11-12H2,1-5H3/t14-,16+/m1/s1. The molecule has 8 nitrogen and oxygen atoms in total. The average Bonchev–Trinajstić information content (AvgIpc) is 3.04. The van der Waals surface area contributed by atoms with Gasteiger partial charge in [-0.1, -0.05) is 13.8 Å². The summed E-state index contributed by atoms with van der Waals surface area (Å²) in [5.41, 5.74) is 0.226. The van der Waals surface area contributed by atoms with E-state index < -0.39 is 33.9 Å². The Bertz CT molecular complexity index is 850. The monoisotopic (exact) mass is 427 g/mol. The van der Waals surface area contributed by atoms with Gasteiger partial charge in [0.2, 0.25) is 0 Å². The molecule has 1 saturated heterocycles. The van der Waals surface area contributed by atoms with E-state index in [1.165, 1.54) is 32.0 Å². The Morgan fingerprint density at radius 1 is 1.21 bits per heavy atom. The second kappa shape index (κ2) is 9.47. The normalized spacial score (nSPS) is 18.9. The number of nitrogens with zero attached hydrogens (tertiary/aromatic N) is 1. The first-order valence-corrected chi connectivity index (χ1v) is 11.3. The van der Waals surface area contributed by atoms with Gasteiger partial charge in [-0.2, -0.15) is 0 Å². The van der Waals surface area contributed by atoms with Crippen LogP contribution in [0.3, 0.4) is 0 Å². The lowest BCUT2D eigenvalue weighted by Crippen LogP contribution is -2.44. The predicted octanol–water partition coefficient (Wildman–Crippen LogP) is 1.92. The van der Waals surface area contributed by atoms with Crippen LogP contribution in [0.15, 0.2) is 18.2 Å². The van der Waals surface area contributed by atoms with Gasteiger partial charge in [0.05, 0.1) is 30.8 Å². The number of rotatable bonds is 8. The summed E-state index contributed by atoms with van der Waals surface area (Å²) in [6, 6.07) is 4.28. The lowest BCUT2D eigenvalue weighted by molar-refractivity contribution is -0.140. The second-order valence-electron chi connectivity index (χ2n) is 7.62. The van der Waals surface area contributed by atoms with Crippen LogP contribution in [0.1, 0.15) is 37.6 Å². The number of ether oxygens (including phenoxy) is 3. The average molecular weight is 428 g/mol. The van der Waals surface area contributed by atoms with Crippen molar-refractivity contribution in [1.29, 1.82) is 0 Å². The quantitative estimate of drug-likeness (QED) is 0.585. The Morgan fingerprint density at radius 2 is 1.90 bits per heavy atom. The van der Waals surface area contributed by atoms with Crippen LogP contribution in [0, 0.1) is 5.92 Å². The van der Waals surface area contributed by atoms with E-state index in [0.29, 0.717) is 30.4 Å². The molecule has 1 aromatic carbocycles. The number of methoxy groups -OCH3 is 1. The van der Waals surface area contributed by atoms with E-state index in [2.05, 4.69) is 0 Å². The van der Waals surface area contributed by atoms with Crippen LogP contribution >= 0.6 is 0 Å². The van der Waals surface area contributed by atoms with Crippen LogP contribution in [-0.4, -0.2) is 69.6 Å². The molecule has 0 saturated carbocycles. The lowest BCUT2D eigenvalue weighted by Gasteiger charge is -2.26. The fraction of sp³-hybridized carbons (Fsp3) is 0.600. The first-order chi connectivity index (χ1) is 13.5. The van der Waals surface area contributed by atoms with Gasteiger partial charge in [0.25, 0.3) is 5.91 Å². The fourth-order valence-corrected chi connectivity index (χ4v) is 4.77. The van der Waals surface area contributed by atoms with E-state index in [1.54, 1.807) is 12.1 Å². The number of esters is 1. The highest BCUT2D eigenvalue weighted by Gasteiger charge is 2.35. The third kappa shape index (κ3) is 6.09. The predicted molar refractivity (Wildman–Crippen MR) is 108 cm³/mol. The second-order valence-corrected chi connectivity index (χ2v) is 9.85. The van der Waals surface area contributed by atoms with E-state index in [4.69, 9.17) is 14.2 Å². The summed E-state index contributed by atoms with van der Waals surface area (Å²) in [6.45, 7) is 6.02. The maximum absolute atomic E-state index is 12.5. The van der Waals surface area contributed by atoms with Crippen molar-refractivity contribution >= 4 is 21.7 Å². The van der Waals surface area contributed by atoms with Crippen LogP contribution in [0.2, 0.25) is 0 Å². The molecular weight excluding hydrogens is 398 g/mol. The van der Waals surface area contributed by atoms with Crippen molar-refractivity contribution in [3.05, 3.63) is 23.8 Å². The summed E-state index contributed by atoms with van der Waals surface area (Å²) < 4.78 is 39.5. The van der Waals surface area contributed by atoms with Crippen LogP contribution < -0.4 is 9.47 Å². The zero-order chi connectivity index (χ0) is 21.8. The molecule has 0 spiro atoms. The zero-order valence-corrected chi connectivity index (χ0v) is 18.3. The Balaban J connectivity index is 2.02. The van der Waals surface area contributed by atoms with Crippen molar-refractivity contribution in [3.63, 3.8) is 0 Å². The Hall–Kier alpha value is -2.29. The van der Waals surface area contributed by atoms with E-state index in [0.717, 1.165) is 0 Å². The van der Waals surface area contributed by atoms with Gasteiger partial charge in [-0.25, -0.2) is 13.2 Å². The third-order valence-electron chi connectivity index (χ3n) is 4.71. The van der Waals surface area contributed by atoms with Crippen molar-refractivity contribution in [3.8, 4) is 11.5 Å². The van der Waals surface area contributed by atoms with Crippen molar-refractivity contribution in [2.24, 2.45) is 5.92 Å². The molecule has 0 aliphatic carbocycles. The van der Waals surface area contributed by atoms with Gasteiger partial charge >= 0.3 is 5.97 Å². The van der Waals surface area contributed by atoms with Gasteiger partial charge in [0, 0.05) is 13.1 Å². The number of carbonyl (C=O) groups excluding carboxylic acids is 2. The molecule has 1 fully saturated rings. The molecule has 1 aromatic rings. The largest absolute Gasteiger partial charge is 0.493 e. The minimum Gasteiger partial charge on any atom is -0.493 e. The Kier molecular flexibility index (Phi) is 7.51. The molecule has 162 valence electrons. The van der Waals surface area contributed by atoms with Crippen LogP contribution in [-0.2, 0) is 19.4 Å². The maximum atomic E-state index is 12.5. The van der Waals surface area contributed by atoms with Gasteiger partial charge in [-0.3, -0.25) is 4.79 Å². The van der Waals surface area contributed by atoms with Crippen molar-refractivity contribution in [1.82, 2.24) is 4.90 Å². The molecule has 0 bridgehead atoms. The van der Waals surface area contributed by atoms with Crippen molar-refractivity contribution < 1.29 is 32.2 Å². The lowest BCUT2D eigenvalue weighted by atomic mass is 10.2. The highest BCUT2D eigenvalue weighted by atomic mass is 32.2. The SMILES string of the molecule is COc1cc(C(=O)O[C@H](C)C(=O)N(C)[C@H]2CCS(=O)(=O)C2)ccc1OCC(C)C. The highest BCUT2D eigenvalue weighted by Crippen LogP contribution is 2.29. The third-order valence-corrected chi connectivity index (χ3v) is 6.46. The van der Waals surface area contributed by atoms with E-state index >= 15 is 0 Å². The van der Waals surface area contributed by atoms with Crippen LogP contribution in [0.4, 0.5) is 0 Å². The number of carbonyl (C=O) groups is 2. The summed E-state index contributed by atoms with van der Waals surface area (Å²) >= 11 is 0. The minimum absolute atomic E-state index is 0.0640. The number of likely N-dealkylation sites (N-methyl/N-ethyl adjacent to an activating group) is 1. The molecule has 2 rings (SSSR count). The van der Waals surface area contributed by atoms with Crippen LogP contribution in [0.25, 0.3) is 0 Å². The fourth-order valence-electron chi connectivity index (χ4n) is 3.00. The molecule has 29 heavy (non-hydrogen) atoms. The molecule has 1 aliphatic rings. The number of benzene rings is 1. The molecular formula is C20H29NO7S. The van der Waals surface area contributed by atoms with Gasteiger partial charge < -0.3 is 19.1 Å². The number of sulfone groups is 1. The first-order valence-electron chi connectivity index (χ1n) is 9.53. The molecule has 0 unspecified atom stereocenters.